The second-order valence-corrected chi connectivity index (χ2v) is 7.99. The highest BCUT2D eigenvalue weighted by atomic mass is 32.2. The molecule has 0 saturated carbocycles. The summed E-state index contributed by atoms with van der Waals surface area (Å²) in [5.74, 6) is 0.479. The molecule has 0 radical (unpaired) electrons. The molecule has 1 aromatic heterocycles. The molecule has 0 spiro atoms. The maximum atomic E-state index is 13.0. The first-order valence-electron chi connectivity index (χ1n) is 8.28. The second-order valence-electron chi connectivity index (χ2n) is 5.74. The van der Waals surface area contributed by atoms with E-state index >= 15 is 0 Å². The first kappa shape index (κ1) is 18.6. The molecule has 1 N–H and O–H groups in total. The number of hydrogen-bond donors (Lipinski definition) is 1. The number of rotatable bonds is 7. The molecule has 0 saturated heterocycles. The molecule has 3 rings (SSSR count). The average Bonchev–Trinajstić information content (AvgIpc) is 3.02. The summed E-state index contributed by atoms with van der Waals surface area (Å²) in [6, 6.07) is 16.5. The van der Waals surface area contributed by atoms with Gasteiger partial charge < -0.3 is 5.32 Å². The minimum atomic E-state index is -0.252. The summed E-state index contributed by atoms with van der Waals surface area (Å²) in [6.45, 7) is 2.45. The Kier molecular flexibility index (Phi) is 6.41. The lowest BCUT2D eigenvalue weighted by Crippen LogP contribution is -2.25. The van der Waals surface area contributed by atoms with Crippen LogP contribution in [0.1, 0.15) is 25.9 Å². The molecule has 0 aliphatic rings. The van der Waals surface area contributed by atoms with Gasteiger partial charge in [0.05, 0.1) is 10.7 Å². The third-order valence-corrected chi connectivity index (χ3v) is 5.89. The molecule has 0 atom stereocenters. The molecular weight excluding hydrogens is 367 g/mol. The van der Waals surface area contributed by atoms with Gasteiger partial charge in [0.25, 0.3) is 5.91 Å². The third-order valence-electron chi connectivity index (χ3n) is 3.72. The minimum absolute atomic E-state index is 0.0842. The summed E-state index contributed by atoms with van der Waals surface area (Å²) in [5.41, 5.74) is 1.71. The normalized spacial score (nSPS) is 10.7. The molecule has 3 aromatic rings. The van der Waals surface area contributed by atoms with Crippen molar-refractivity contribution < 1.29 is 9.18 Å². The number of aryl methyl sites for hydroxylation is 1. The van der Waals surface area contributed by atoms with Crippen LogP contribution in [-0.2, 0) is 6.42 Å². The number of carbonyl (C=O) groups excluding carboxylic acids is 1. The highest BCUT2D eigenvalue weighted by molar-refractivity contribution is 7.99. The van der Waals surface area contributed by atoms with Crippen LogP contribution in [0, 0.1) is 12.7 Å². The fraction of sp³-hybridized carbons (Fsp3) is 0.200. The van der Waals surface area contributed by atoms with Crippen LogP contribution in [0.3, 0.4) is 0 Å². The van der Waals surface area contributed by atoms with E-state index in [4.69, 9.17) is 0 Å². The summed E-state index contributed by atoms with van der Waals surface area (Å²) in [4.78, 5) is 18.7. The van der Waals surface area contributed by atoms with Crippen molar-refractivity contribution in [3.63, 3.8) is 0 Å². The van der Waals surface area contributed by atoms with Crippen molar-refractivity contribution >= 4 is 29.0 Å². The van der Waals surface area contributed by atoms with Gasteiger partial charge in [0.15, 0.2) is 0 Å². The average molecular weight is 387 g/mol. The Balaban J connectivity index is 1.52. The predicted octanol–water partition coefficient (Wildman–Crippen LogP) is 4.70. The number of halogens is 1. The number of carbonyl (C=O) groups is 1. The number of nitrogens with one attached hydrogen (secondary N) is 1. The van der Waals surface area contributed by atoms with Crippen LogP contribution in [0.5, 0.6) is 0 Å². The molecule has 0 aliphatic heterocycles. The third kappa shape index (κ3) is 5.16. The number of aromatic nitrogens is 1. The lowest BCUT2D eigenvalue weighted by molar-refractivity contribution is 0.0959. The summed E-state index contributed by atoms with van der Waals surface area (Å²) in [6.07, 6.45) is 0.600. The van der Waals surface area contributed by atoms with Crippen LogP contribution >= 0.6 is 23.1 Å². The van der Waals surface area contributed by atoms with E-state index in [0.717, 1.165) is 22.0 Å². The van der Waals surface area contributed by atoms with Crippen LogP contribution in [0.15, 0.2) is 59.5 Å². The lowest BCUT2D eigenvalue weighted by Gasteiger charge is -2.04. The van der Waals surface area contributed by atoms with Crippen LogP contribution in [0.25, 0.3) is 0 Å². The summed E-state index contributed by atoms with van der Waals surface area (Å²) >= 11 is 3.11. The molecule has 134 valence electrons. The van der Waals surface area contributed by atoms with Gasteiger partial charge in [-0.1, -0.05) is 30.3 Å². The summed E-state index contributed by atoms with van der Waals surface area (Å²) < 4.78 is 13.0. The van der Waals surface area contributed by atoms with E-state index in [0.29, 0.717) is 17.8 Å². The van der Waals surface area contributed by atoms with E-state index in [2.05, 4.69) is 22.4 Å². The number of hydrogen-bond acceptors (Lipinski definition) is 4. The Bertz CT molecular complexity index is 863. The van der Waals surface area contributed by atoms with E-state index < -0.39 is 0 Å². The fourth-order valence-electron chi connectivity index (χ4n) is 2.45. The standard InChI is InChI=1S/C20H19FN2OS2/c1-14-19(20(24)22-11-12-25-17-5-3-2-4-6-17)26-18(23-14)13-15-7-9-16(21)10-8-15/h2-10H,11-13H2,1H3,(H,22,24). The van der Waals surface area contributed by atoms with Crippen molar-refractivity contribution in [1.29, 1.82) is 0 Å². The van der Waals surface area contributed by atoms with Gasteiger partial charge in [-0.2, -0.15) is 0 Å². The Morgan fingerprint density at radius 3 is 2.62 bits per heavy atom. The first-order valence-corrected chi connectivity index (χ1v) is 10.1. The maximum absolute atomic E-state index is 13.0. The van der Waals surface area contributed by atoms with Gasteiger partial charge in [0, 0.05) is 23.6 Å². The van der Waals surface area contributed by atoms with Crippen molar-refractivity contribution in [2.45, 2.75) is 18.2 Å². The Morgan fingerprint density at radius 2 is 1.88 bits per heavy atom. The van der Waals surface area contributed by atoms with Crippen LogP contribution in [0.4, 0.5) is 4.39 Å². The van der Waals surface area contributed by atoms with Crippen molar-refractivity contribution in [2.24, 2.45) is 0 Å². The number of thioether (sulfide) groups is 1. The minimum Gasteiger partial charge on any atom is -0.350 e. The molecule has 0 bridgehead atoms. The summed E-state index contributed by atoms with van der Waals surface area (Å²) in [5, 5.41) is 3.81. The van der Waals surface area contributed by atoms with Gasteiger partial charge in [0.1, 0.15) is 10.7 Å². The summed E-state index contributed by atoms with van der Waals surface area (Å²) in [7, 11) is 0. The highest BCUT2D eigenvalue weighted by Gasteiger charge is 2.15. The molecule has 3 nitrogen and oxygen atoms in total. The van der Waals surface area contributed by atoms with Gasteiger partial charge in [-0.25, -0.2) is 9.37 Å². The van der Waals surface area contributed by atoms with Gasteiger partial charge in [0.2, 0.25) is 0 Å². The van der Waals surface area contributed by atoms with Crippen molar-refractivity contribution in [3.05, 3.63) is 81.6 Å². The molecule has 0 unspecified atom stereocenters. The maximum Gasteiger partial charge on any atom is 0.263 e. The second kappa shape index (κ2) is 8.96. The monoisotopic (exact) mass is 386 g/mol. The Hall–Kier alpha value is -2.18. The zero-order chi connectivity index (χ0) is 18.4. The van der Waals surface area contributed by atoms with E-state index in [1.807, 2.05) is 25.1 Å². The molecule has 1 amide bonds. The van der Waals surface area contributed by atoms with Crippen LogP contribution in [0.2, 0.25) is 0 Å². The van der Waals surface area contributed by atoms with E-state index in [-0.39, 0.29) is 11.7 Å². The molecule has 26 heavy (non-hydrogen) atoms. The highest BCUT2D eigenvalue weighted by Crippen LogP contribution is 2.21. The molecular formula is C20H19FN2OS2. The Labute approximate surface area is 160 Å². The number of amides is 1. The largest absolute Gasteiger partial charge is 0.350 e. The fourth-order valence-corrected chi connectivity index (χ4v) is 4.25. The molecule has 1 heterocycles. The SMILES string of the molecule is Cc1nc(Cc2ccc(F)cc2)sc1C(=O)NCCSc1ccccc1. The van der Waals surface area contributed by atoms with Crippen LogP contribution in [-0.4, -0.2) is 23.2 Å². The topological polar surface area (TPSA) is 42.0 Å². The predicted molar refractivity (Wildman–Crippen MR) is 106 cm³/mol. The van der Waals surface area contributed by atoms with Crippen LogP contribution < -0.4 is 5.32 Å². The van der Waals surface area contributed by atoms with Crippen molar-refractivity contribution in [3.8, 4) is 0 Å². The molecule has 6 heteroatoms. The zero-order valence-corrected chi connectivity index (χ0v) is 16.0. The van der Waals surface area contributed by atoms with E-state index in [1.165, 1.54) is 28.4 Å². The Morgan fingerprint density at radius 1 is 1.15 bits per heavy atom. The smallest absolute Gasteiger partial charge is 0.263 e. The van der Waals surface area contributed by atoms with Crippen molar-refractivity contribution in [1.82, 2.24) is 10.3 Å². The van der Waals surface area contributed by atoms with E-state index in [1.54, 1.807) is 23.9 Å². The van der Waals surface area contributed by atoms with E-state index in [9.17, 15) is 9.18 Å². The zero-order valence-electron chi connectivity index (χ0n) is 14.4. The number of benzene rings is 2. The molecule has 0 fully saturated rings. The van der Waals surface area contributed by atoms with Gasteiger partial charge >= 0.3 is 0 Å². The quantitative estimate of drug-likeness (QED) is 0.473. The van der Waals surface area contributed by atoms with Gasteiger partial charge in [-0.3, -0.25) is 4.79 Å². The molecule has 0 aliphatic carbocycles. The number of nitrogens with zero attached hydrogens (tertiary/aromatic N) is 1. The lowest BCUT2D eigenvalue weighted by atomic mass is 10.1. The first-order chi connectivity index (χ1) is 12.6. The van der Waals surface area contributed by atoms with Crippen molar-refractivity contribution in [2.75, 3.05) is 12.3 Å². The number of thiazole rings is 1. The van der Waals surface area contributed by atoms with Gasteiger partial charge in [-0.15, -0.1) is 23.1 Å². The van der Waals surface area contributed by atoms with Gasteiger partial charge in [-0.05, 0) is 36.8 Å². The molecule has 2 aromatic carbocycles.